The van der Waals surface area contributed by atoms with E-state index in [0.29, 0.717) is 0 Å². The molecule has 0 saturated carbocycles. The van der Waals surface area contributed by atoms with Crippen molar-refractivity contribution in [2.45, 2.75) is 26.7 Å². The minimum atomic E-state index is 1.05. The Bertz CT molecular complexity index is 83.4. The minimum Gasteiger partial charge on any atom is -0.241 e. The fourth-order valence-electron chi connectivity index (χ4n) is 0.873. The summed E-state index contributed by atoms with van der Waals surface area (Å²) >= 11 is 0. The van der Waals surface area contributed by atoms with Crippen LogP contribution in [-0.4, -0.2) is 37.3 Å². The van der Waals surface area contributed by atoms with Crippen molar-refractivity contribution in [3.8, 4) is 0 Å². The molecule has 0 radical (unpaired) electrons. The van der Waals surface area contributed by atoms with Crippen LogP contribution in [0.2, 0.25) is 0 Å². The van der Waals surface area contributed by atoms with Crippen molar-refractivity contribution < 1.29 is 0 Å². The summed E-state index contributed by atoms with van der Waals surface area (Å²) in [5, 5.41) is 4.22. The lowest BCUT2D eigenvalue weighted by molar-refractivity contribution is -0.0277. The van der Waals surface area contributed by atoms with Gasteiger partial charge in [-0.05, 0) is 12.8 Å². The molecule has 0 aliphatic heterocycles. The molecule has 0 aliphatic rings. The number of rotatable bonds is 6. The Morgan fingerprint density at radius 3 is 2.09 bits per heavy atom. The van der Waals surface area contributed by atoms with Crippen LogP contribution in [0.5, 0.6) is 0 Å². The highest BCUT2D eigenvalue weighted by atomic mass is 15.8. The number of nitrogens with one attached hydrogen (secondary N) is 1. The standard InChI is InChI=1S/C8H21N3/c1-5-7-9-11(8-6-2)10(3)4/h9H,5-8H2,1-4H3. The molecule has 0 aliphatic carbocycles. The van der Waals surface area contributed by atoms with Crippen LogP contribution in [0, 0.1) is 0 Å². The highest BCUT2D eigenvalue weighted by Gasteiger charge is 2.02. The van der Waals surface area contributed by atoms with E-state index in [0.717, 1.165) is 13.1 Å². The van der Waals surface area contributed by atoms with Crippen molar-refractivity contribution in [2.75, 3.05) is 27.2 Å². The molecule has 0 aromatic carbocycles. The third kappa shape index (κ3) is 5.18. The van der Waals surface area contributed by atoms with Crippen LogP contribution in [0.4, 0.5) is 0 Å². The maximum Gasteiger partial charge on any atom is 0.0287 e. The van der Waals surface area contributed by atoms with Gasteiger partial charge in [0.05, 0.1) is 0 Å². The van der Waals surface area contributed by atoms with Crippen molar-refractivity contribution >= 4 is 0 Å². The van der Waals surface area contributed by atoms with Gasteiger partial charge in [0, 0.05) is 27.2 Å². The summed E-state index contributed by atoms with van der Waals surface area (Å²) < 4.78 is 0. The van der Waals surface area contributed by atoms with Crippen LogP contribution in [0.3, 0.4) is 0 Å². The highest BCUT2D eigenvalue weighted by molar-refractivity contribution is 4.43. The molecule has 0 bridgehead atoms. The second kappa shape index (κ2) is 6.58. The zero-order chi connectivity index (χ0) is 8.69. The SMILES string of the molecule is CCCNN(CCC)N(C)C. The third-order valence-corrected chi connectivity index (χ3v) is 1.46. The summed E-state index contributed by atoms with van der Waals surface area (Å²) in [5.74, 6) is 0. The monoisotopic (exact) mass is 159 g/mol. The Balaban J connectivity index is 3.51. The lowest BCUT2D eigenvalue weighted by Gasteiger charge is -2.28. The quantitative estimate of drug-likeness (QED) is 0.585. The van der Waals surface area contributed by atoms with Gasteiger partial charge in [0.25, 0.3) is 0 Å². The van der Waals surface area contributed by atoms with Gasteiger partial charge in [-0.2, -0.15) is 5.12 Å². The number of nitrogens with zero attached hydrogens (tertiary/aromatic N) is 2. The average molecular weight is 159 g/mol. The number of hydrogen-bond donors (Lipinski definition) is 1. The van der Waals surface area contributed by atoms with E-state index >= 15 is 0 Å². The van der Waals surface area contributed by atoms with E-state index in [1.807, 2.05) is 0 Å². The lowest BCUT2D eigenvalue weighted by Crippen LogP contribution is -2.47. The van der Waals surface area contributed by atoms with E-state index in [9.17, 15) is 0 Å². The molecule has 0 aromatic heterocycles. The van der Waals surface area contributed by atoms with Crippen LogP contribution in [0.1, 0.15) is 26.7 Å². The summed E-state index contributed by atoms with van der Waals surface area (Å²) in [6, 6.07) is 0. The molecule has 0 saturated heterocycles. The maximum atomic E-state index is 3.33. The van der Waals surface area contributed by atoms with Crippen LogP contribution in [0.25, 0.3) is 0 Å². The Morgan fingerprint density at radius 2 is 1.73 bits per heavy atom. The van der Waals surface area contributed by atoms with Crippen molar-refractivity contribution in [2.24, 2.45) is 0 Å². The smallest absolute Gasteiger partial charge is 0.0287 e. The van der Waals surface area contributed by atoms with E-state index < -0.39 is 0 Å². The Hall–Kier alpha value is -0.120. The van der Waals surface area contributed by atoms with Gasteiger partial charge in [-0.3, -0.25) is 0 Å². The zero-order valence-electron chi connectivity index (χ0n) is 8.22. The summed E-state index contributed by atoms with van der Waals surface area (Å²) in [4.78, 5) is 0. The first-order valence-electron chi connectivity index (χ1n) is 4.40. The maximum absolute atomic E-state index is 3.33. The molecule has 11 heavy (non-hydrogen) atoms. The second-order valence-electron chi connectivity index (χ2n) is 2.88. The van der Waals surface area contributed by atoms with E-state index in [1.54, 1.807) is 0 Å². The molecule has 0 fully saturated rings. The summed E-state index contributed by atoms with van der Waals surface area (Å²) in [5.41, 5.74) is 3.33. The molecule has 3 heteroatoms. The van der Waals surface area contributed by atoms with Gasteiger partial charge < -0.3 is 0 Å². The molecule has 0 heterocycles. The van der Waals surface area contributed by atoms with Crippen molar-refractivity contribution in [1.82, 2.24) is 15.6 Å². The molecule has 0 spiro atoms. The molecule has 3 nitrogen and oxygen atoms in total. The van der Waals surface area contributed by atoms with Gasteiger partial charge in [0.15, 0.2) is 0 Å². The molecule has 1 N–H and O–H groups in total. The first kappa shape index (κ1) is 10.9. The number of hydrazine groups is 2. The van der Waals surface area contributed by atoms with Gasteiger partial charge in [-0.1, -0.05) is 13.8 Å². The Morgan fingerprint density at radius 1 is 1.09 bits per heavy atom. The predicted octanol–water partition coefficient (Wildman–Crippen LogP) is 1.09. The first-order valence-corrected chi connectivity index (χ1v) is 4.40. The molecule has 0 amide bonds. The molecule has 0 rings (SSSR count). The summed E-state index contributed by atoms with van der Waals surface area (Å²) in [6.07, 6.45) is 2.35. The fraction of sp³-hybridized carbons (Fsp3) is 1.00. The van der Waals surface area contributed by atoms with Crippen LogP contribution in [0.15, 0.2) is 0 Å². The third-order valence-electron chi connectivity index (χ3n) is 1.46. The van der Waals surface area contributed by atoms with Crippen LogP contribution >= 0.6 is 0 Å². The average Bonchev–Trinajstić information content (AvgIpc) is 1.97. The highest BCUT2D eigenvalue weighted by Crippen LogP contribution is 1.88. The van der Waals surface area contributed by atoms with Gasteiger partial charge >= 0.3 is 0 Å². The van der Waals surface area contributed by atoms with E-state index in [1.165, 1.54) is 12.8 Å². The van der Waals surface area contributed by atoms with Crippen LogP contribution < -0.4 is 5.43 Å². The molecular formula is C8H21N3. The summed E-state index contributed by atoms with van der Waals surface area (Å²) in [7, 11) is 4.11. The van der Waals surface area contributed by atoms with Gasteiger partial charge in [0.2, 0.25) is 0 Å². The Labute approximate surface area is 70.3 Å². The topological polar surface area (TPSA) is 18.5 Å². The normalized spacial score (nSPS) is 11.5. The van der Waals surface area contributed by atoms with Gasteiger partial charge in [-0.15, -0.1) is 0 Å². The van der Waals surface area contributed by atoms with Crippen molar-refractivity contribution in [3.05, 3.63) is 0 Å². The predicted molar refractivity (Wildman–Crippen MR) is 49.0 cm³/mol. The molecule has 68 valence electrons. The van der Waals surface area contributed by atoms with E-state index in [2.05, 4.69) is 43.5 Å². The van der Waals surface area contributed by atoms with Crippen molar-refractivity contribution in [1.29, 1.82) is 0 Å². The van der Waals surface area contributed by atoms with Crippen LogP contribution in [-0.2, 0) is 0 Å². The first-order chi connectivity index (χ1) is 5.22. The van der Waals surface area contributed by atoms with Crippen molar-refractivity contribution in [3.63, 3.8) is 0 Å². The van der Waals surface area contributed by atoms with E-state index in [-0.39, 0.29) is 0 Å². The minimum absolute atomic E-state index is 1.05. The second-order valence-corrected chi connectivity index (χ2v) is 2.88. The summed E-state index contributed by atoms with van der Waals surface area (Å²) in [6.45, 7) is 6.49. The largest absolute Gasteiger partial charge is 0.241 e. The molecule has 0 atom stereocenters. The fourth-order valence-corrected chi connectivity index (χ4v) is 0.873. The van der Waals surface area contributed by atoms with Gasteiger partial charge in [0.1, 0.15) is 0 Å². The van der Waals surface area contributed by atoms with Gasteiger partial charge in [-0.25, -0.2) is 10.4 Å². The molecular weight excluding hydrogens is 138 g/mol. The molecule has 0 aromatic rings. The Kier molecular flexibility index (Phi) is 6.51. The zero-order valence-corrected chi connectivity index (χ0v) is 8.22. The molecule has 0 unspecified atom stereocenters. The van der Waals surface area contributed by atoms with E-state index in [4.69, 9.17) is 0 Å². The lowest BCUT2D eigenvalue weighted by atomic mass is 10.5. The number of hydrogen-bond acceptors (Lipinski definition) is 3.